The van der Waals surface area contributed by atoms with Gasteiger partial charge in [-0.25, -0.2) is 0 Å². The van der Waals surface area contributed by atoms with Crippen molar-refractivity contribution in [3.63, 3.8) is 0 Å². The number of hydrogen-bond donors (Lipinski definition) is 2. The molecule has 1 aliphatic carbocycles. The van der Waals surface area contributed by atoms with Gasteiger partial charge in [-0.05, 0) is 19.8 Å². The monoisotopic (exact) mass is 254 g/mol. The highest BCUT2D eigenvalue weighted by Crippen LogP contribution is 2.19. The number of aryl methyl sites for hydroxylation is 1. The summed E-state index contributed by atoms with van der Waals surface area (Å²) in [5.74, 6) is 1.63. The zero-order chi connectivity index (χ0) is 13.8. The summed E-state index contributed by atoms with van der Waals surface area (Å²) >= 11 is 0. The van der Waals surface area contributed by atoms with Crippen LogP contribution in [0, 0.1) is 6.92 Å². The third kappa shape index (κ3) is 6.62. The molecule has 0 radical (unpaired) electrons. The Morgan fingerprint density at radius 2 is 1.56 bits per heavy atom. The highest BCUT2D eigenvalue weighted by atomic mass is 15.3. The summed E-state index contributed by atoms with van der Waals surface area (Å²) in [6.07, 6.45) is 7.94. The van der Waals surface area contributed by atoms with Gasteiger partial charge in [-0.15, -0.1) is 5.10 Å². The van der Waals surface area contributed by atoms with Crippen molar-refractivity contribution in [2.45, 2.75) is 79.2 Å². The number of nitrogens with zero attached hydrogens (tertiary/aromatic N) is 2. The first-order chi connectivity index (χ1) is 8.84. The molecule has 0 aromatic carbocycles. The van der Waals surface area contributed by atoms with E-state index < -0.39 is 0 Å². The van der Waals surface area contributed by atoms with Crippen molar-refractivity contribution in [2.75, 3.05) is 5.32 Å². The van der Waals surface area contributed by atoms with E-state index in [-0.39, 0.29) is 0 Å². The van der Waals surface area contributed by atoms with Gasteiger partial charge in [0.05, 0.1) is 0 Å². The van der Waals surface area contributed by atoms with Crippen LogP contribution in [-0.2, 0) is 0 Å². The highest BCUT2D eigenvalue weighted by Gasteiger charge is 2.13. The van der Waals surface area contributed by atoms with Crippen molar-refractivity contribution < 1.29 is 0 Å². The Morgan fingerprint density at radius 3 is 2.00 bits per heavy atom. The van der Waals surface area contributed by atoms with Gasteiger partial charge < -0.3 is 5.32 Å². The van der Waals surface area contributed by atoms with Crippen molar-refractivity contribution in [3.05, 3.63) is 5.82 Å². The van der Waals surface area contributed by atoms with Crippen LogP contribution >= 0.6 is 0 Å². The van der Waals surface area contributed by atoms with Crippen LogP contribution in [0.4, 0.5) is 5.95 Å². The molecule has 1 aromatic rings. The molecule has 4 heteroatoms. The van der Waals surface area contributed by atoms with Gasteiger partial charge in [0.1, 0.15) is 5.82 Å². The van der Waals surface area contributed by atoms with E-state index in [2.05, 4.69) is 20.5 Å². The van der Waals surface area contributed by atoms with Gasteiger partial charge in [0.25, 0.3) is 0 Å². The molecule has 2 N–H and O–H groups in total. The smallest absolute Gasteiger partial charge is 0.242 e. The van der Waals surface area contributed by atoms with Crippen LogP contribution in [0.2, 0.25) is 0 Å². The lowest BCUT2D eigenvalue weighted by atomic mass is 10.1. The van der Waals surface area contributed by atoms with E-state index in [1.54, 1.807) is 0 Å². The predicted molar refractivity (Wildman–Crippen MR) is 78.9 cm³/mol. The molecular weight excluding hydrogens is 224 g/mol. The van der Waals surface area contributed by atoms with Crippen LogP contribution in [0.5, 0.6) is 0 Å². The van der Waals surface area contributed by atoms with E-state index in [4.69, 9.17) is 0 Å². The minimum Gasteiger partial charge on any atom is -0.350 e. The number of nitrogens with one attached hydrogen (secondary N) is 2. The number of aromatic nitrogens is 3. The topological polar surface area (TPSA) is 53.6 Å². The van der Waals surface area contributed by atoms with Crippen LogP contribution in [0.15, 0.2) is 0 Å². The van der Waals surface area contributed by atoms with Crippen molar-refractivity contribution in [1.82, 2.24) is 15.2 Å². The zero-order valence-corrected chi connectivity index (χ0v) is 12.7. The first kappa shape index (κ1) is 16.9. The summed E-state index contributed by atoms with van der Waals surface area (Å²) in [7, 11) is 0. The molecule has 1 saturated carbocycles. The molecular formula is C14H30N4. The Bertz CT molecular complexity index is 275. The molecule has 1 aromatic heterocycles. The van der Waals surface area contributed by atoms with Crippen LogP contribution in [0.25, 0.3) is 0 Å². The molecule has 0 unspecified atom stereocenters. The Balaban J connectivity index is 0.000000659. The summed E-state index contributed by atoms with van der Waals surface area (Å²) in [5.41, 5.74) is 0. The van der Waals surface area contributed by atoms with Crippen molar-refractivity contribution in [3.8, 4) is 0 Å². The Hall–Kier alpha value is -1.06. The third-order valence-corrected chi connectivity index (χ3v) is 2.79. The molecule has 2 rings (SSSR count). The molecule has 0 aliphatic heterocycles. The Kier molecular flexibility index (Phi) is 10.4. The normalized spacial score (nSPS) is 15.6. The fraction of sp³-hybridized carbons (Fsp3) is 0.857. The summed E-state index contributed by atoms with van der Waals surface area (Å²) in [4.78, 5) is 4.26. The zero-order valence-electron chi connectivity index (χ0n) is 12.7. The second-order valence-electron chi connectivity index (χ2n) is 4.08. The van der Waals surface area contributed by atoms with Gasteiger partial charge in [0.15, 0.2) is 0 Å². The minimum atomic E-state index is 0.577. The van der Waals surface area contributed by atoms with Gasteiger partial charge in [-0.2, -0.15) is 4.98 Å². The lowest BCUT2D eigenvalue weighted by Crippen LogP contribution is -2.19. The maximum absolute atomic E-state index is 4.26. The van der Waals surface area contributed by atoms with Gasteiger partial charge >= 0.3 is 0 Å². The highest BCUT2D eigenvalue weighted by molar-refractivity contribution is 5.24. The SMILES string of the molecule is CC.CC.Cc1nc(NC2CCCCCC2)n[nH]1. The summed E-state index contributed by atoms with van der Waals surface area (Å²) in [6, 6.07) is 0.577. The molecule has 0 bridgehead atoms. The molecule has 18 heavy (non-hydrogen) atoms. The number of H-pyrrole nitrogens is 1. The summed E-state index contributed by atoms with van der Waals surface area (Å²) in [5, 5.41) is 10.3. The van der Waals surface area contributed by atoms with Gasteiger partial charge in [-0.3, -0.25) is 5.10 Å². The molecule has 4 nitrogen and oxygen atoms in total. The van der Waals surface area contributed by atoms with E-state index in [0.29, 0.717) is 6.04 Å². The van der Waals surface area contributed by atoms with Crippen molar-refractivity contribution >= 4 is 5.95 Å². The van der Waals surface area contributed by atoms with Gasteiger partial charge in [0, 0.05) is 6.04 Å². The lowest BCUT2D eigenvalue weighted by molar-refractivity contribution is 0.615. The fourth-order valence-electron chi connectivity index (χ4n) is 2.01. The maximum atomic E-state index is 4.26. The van der Waals surface area contributed by atoms with Crippen LogP contribution in [0.1, 0.15) is 72.0 Å². The van der Waals surface area contributed by atoms with Gasteiger partial charge in [0.2, 0.25) is 5.95 Å². The van der Waals surface area contributed by atoms with E-state index in [9.17, 15) is 0 Å². The Labute approximate surface area is 112 Å². The molecule has 0 amide bonds. The first-order valence-electron chi connectivity index (χ1n) is 7.50. The van der Waals surface area contributed by atoms with E-state index in [1.807, 2.05) is 34.6 Å². The van der Waals surface area contributed by atoms with Crippen LogP contribution in [0.3, 0.4) is 0 Å². The summed E-state index contributed by atoms with van der Waals surface area (Å²) in [6.45, 7) is 9.92. The average molecular weight is 254 g/mol. The maximum Gasteiger partial charge on any atom is 0.242 e. The standard InChI is InChI=1S/C10H18N4.2C2H6/c1-8-11-10(14-13-8)12-9-6-4-2-3-5-7-9;2*1-2/h9H,2-7H2,1H3,(H2,11,12,13,14);2*1-2H3. The number of anilines is 1. The van der Waals surface area contributed by atoms with Gasteiger partial charge in [-0.1, -0.05) is 53.4 Å². The molecule has 1 heterocycles. The van der Waals surface area contributed by atoms with Crippen molar-refractivity contribution in [2.24, 2.45) is 0 Å². The molecule has 1 aliphatic rings. The first-order valence-corrected chi connectivity index (χ1v) is 7.50. The van der Waals surface area contributed by atoms with Crippen LogP contribution < -0.4 is 5.32 Å². The quantitative estimate of drug-likeness (QED) is 0.774. The predicted octanol–water partition coefficient (Wildman–Crippen LogP) is 4.30. The third-order valence-electron chi connectivity index (χ3n) is 2.79. The second kappa shape index (κ2) is 11.1. The van der Waals surface area contributed by atoms with Crippen molar-refractivity contribution in [1.29, 1.82) is 0 Å². The number of rotatable bonds is 2. The minimum absolute atomic E-state index is 0.577. The van der Waals surface area contributed by atoms with E-state index in [1.165, 1.54) is 38.5 Å². The molecule has 1 fully saturated rings. The number of aromatic amines is 1. The lowest BCUT2D eigenvalue weighted by Gasteiger charge is -2.13. The van der Waals surface area contributed by atoms with Crippen LogP contribution in [-0.4, -0.2) is 21.2 Å². The number of hydrogen-bond acceptors (Lipinski definition) is 3. The van der Waals surface area contributed by atoms with E-state index >= 15 is 0 Å². The Morgan fingerprint density at radius 1 is 1.00 bits per heavy atom. The average Bonchev–Trinajstić information content (AvgIpc) is 2.68. The second-order valence-corrected chi connectivity index (χ2v) is 4.08. The fourth-order valence-corrected chi connectivity index (χ4v) is 2.01. The molecule has 0 atom stereocenters. The molecule has 0 spiro atoms. The molecule has 0 saturated heterocycles. The summed E-state index contributed by atoms with van der Waals surface area (Å²) < 4.78 is 0. The largest absolute Gasteiger partial charge is 0.350 e. The molecule has 106 valence electrons. The van der Waals surface area contributed by atoms with E-state index in [0.717, 1.165) is 11.8 Å².